The number of halogens is 1. The SMILES string of the molecule is CCN(Cc1cccs1)c1c(N)cncc1Br. The van der Waals surface area contributed by atoms with E-state index in [9.17, 15) is 0 Å². The second-order valence-corrected chi connectivity index (χ2v) is 5.54. The number of pyridine rings is 1. The highest BCUT2D eigenvalue weighted by molar-refractivity contribution is 9.10. The molecule has 0 aliphatic rings. The first kappa shape index (κ1) is 12.4. The molecule has 0 fully saturated rings. The molecule has 0 aliphatic heterocycles. The fourth-order valence-electron chi connectivity index (χ4n) is 1.72. The fourth-order valence-corrected chi connectivity index (χ4v) is 3.03. The summed E-state index contributed by atoms with van der Waals surface area (Å²) in [5, 5.41) is 2.09. The molecule has 0 aromatic carbocycles. The topological polar surface area (TPSA) is 42.1 Å². The zero-order valence-corrected chi connectivity index (χ0v) is 12.0. The molecule has 0 aliphatic carbocycles. The maximum absolute atomic E-state index is 6.00. The Balaban J connectivity index is 2.29. The lowest BCUT2D eigenvalue weighted by molar-refractivity contribution is 0.840. The summed E-state index contributed by atoms with van der Waals surface area (Å²) in [7, 11) is 0. The van der Waals surface area contributed by atoms with Crippen LogP contribution in [-0.2, 0) is 6.54 Å². The molecule has 0 unspecified atom stereocenters. The molecule has 0 bridgehead atoms. The van der Waals surface area contributed by atoms with Gasteiger partial charge in [0.15, 0.2) is 0 Å². The van der Waals surface area contributed by atoms with E-state index in [4.69, 9.17) is 5.73 Å². The molecule has 2 heterocycles. The molecule has 0 saturated carbocycles. The number of thiophene rings is 1. The number of nitrogens with zero attached hydrogens (tertiary/aromatic N) is 2. The quantitative estimate of drug-likeness (QED) is 0.939. The average Bonchev–Trinajstić information content (AvgIpc) is 2.80. The van der Waals surface area contributed by atoms with Gasteiger partial charge in [-0.15, -0.1) is 11.3 Å². The Morgan fingerprint density at radius 2 is 2.29 bits per heavy atom. The van der Waals surface area contributed by atoms with Crippen LogP contribution in [0.15, 0.2) is 34.4 Å². The molecule has 17 heavy (non-hydrogen) atoms. The van der Waals surface area contributed by atoms with Gasteiger partial charge in [0.05, 0.1) is 28.6 Å². The highest BCUT2D eigenvalue weighted by atomic mass is 79.9. The van der Waals surface area contributed by atoms with E-state index in [1.54, 1.807) is 23.7 Å². The van der Waals surface area contributed by atoms with Gasteiger partial charge in [-0.05, 0) is 34.3 Å². The summed E-state index contributed by atoms with van der Waals surface area (Å²) in [4.78, 5) is 7.63. The number of aromatic nitrogens is 1. The molecule has 0 saturated heterocycles. The molecule has 2 N–H and O–H groups in total. The van der Waals surface area contributed by atoms with E-state index in [0.29, 0.717) is 5.69 Å². The Bertz CT molecular complexity index is 464. The largest absolute Gasteiger partial charge is 0.396 e. The Morgan fingerprint density at radius 1 is 1.47 bits per heavy atom. The summed E-state index contributed by atoms with van der Waals surface area (Å²) < 4.78 is 0.941. The predicted molar refractivity (Wildman–Crippen MR) is 77.4 cm³/mol. The maximum atomic E-state index is 6.00. The molecular formula is C12H14BrN3S. The van der Waals surface area contributed by atoms with Crippen LogP contribution in [-0.4, -0.2) is 11.5 Å². The number of nitrogen functional groups attached to an aromatic ring is 1. The van der Waals surface area contributed by atoms with E-state index in [1.165, 1.54) is 4.88 Å². The van der Waals surface area contributed by atoms with Crippen molar-refractivity contribution in [3.63, 3.8) is 0 Å². The first-order valence-electron chi connectivity index (χ1n) is 5.38. The van der Waals surface area contributed by atoms with Crippen LogP contribution in [0.1, 0.15) is 11.8 Å². The van der Waals surface area contributed by atoms with Crippen molar-refractivity contribution in [1.29, 1.82) is 0 Å². The zero-order valence-electron chi connectivity index (χ0n) is 9.56. The zero-order chi connectivity index (χ0) is 12.3. The lowest BCUT2D eigenvalue weighted by Gasteiger charge is -2.24. The van der Waals surface area contributed by atoms with Gasteiger partial charge in [-0.25, -0.2) is 0 Å². The van der Waals surface area contributed by atoms with Crippen LogP contribution in [0.2, 0.25) is 0 Å². The van der Waals surface area contributed by atoms with E-state index in [0.717, 1.165) is 23.2 Å². The number of hydrogen-bond donors (Lipinski definition) is 1. The van der Waals surface area contributed by atoms with Gasteiger partial charge in [-0.1, -0.05) is 6.07 Å². The van der Waals surface area contributed by atoms with Gasteiger partial charge >= 0.3 is 0 Å². The molecule has 3 nitrogen and oxygen atoms in total. The second-order valence-electron chi connectivity index (χ2n) is 3.65. The minimum absolute atomic E-state index is 0.706. The number of rotatable bonds is 4. The number of hydrogen-bond acceptors (Lipinski definition) is 4. The first-order valence-corrected chi connectivity index (χ1v) is 7.06. The average molecular weight is 312 g/mol. The molecular weight excluding hydrogens is 298 g/mol. The van der Waals surface area contributed by atoms with Gasteiger partial charge in [-0.3, -0.25) is 4.98 Å². The first-order chi connectivity index (χ1) is 8.22. The van der Waals surface area contributed by atoms with Gasteiger partial charge < -0.3 is 10.6 Å². The van der Waals surface area contributed by atoms with Crippen molar-refractivity contribution in [2.75, 3.05) is 17.2 Å². The van der Waals surface area contributed by atoms with Crippen LogP contribution in [0.3, 0.4) is 0 Å². The monoisotopic (exact) mass is 311 g/mol. The van der Waals surface area contributed by atoms with Crippen molar-refractivity contribution in [2.24, 2.45) is 0 Å². The van der Waals surface area contributed by atoms with Gasteiger partial charge in [-0.2, -0.15) is 0 Å². The third kappa shape index (κ3) is 2.79. The van der Waals surface area contributed by atoms with Crippen molar-refractivity contribution in [3.05, 3.63) is 39.3 Å². The van der Waals surface area contributed by atoms with Gasteiger partial charge in [0.2, 0.25) is 0 Å². The molecule has 2 aromatic heterocycles. The van der Waals surface area contributed by atoms with Crippen molar-refractivity contribution >= 4 is 38.6 Å². The van der Waals surface area contributed by atoms with Gasteiger partial charge in [0.1, 0.15) is 0 Å². The van der Waals surface area contributed by atoms with E-state index < -0.39 is 0 Å². The Kier molecular flexibility index (Phi) is 4.02. The van der Waals surface area contributed by atoms with E-state index in [1.807, 2.05) is 0 Å². The van der Waals surface area contributed by atoms with Crippen molar-refractivity contribution in [1.82, 2.24) is 4.98 Å². The van der Waals surface area contributed by atoms with E-state index >= 15 is 0 Å². The van der Waals surface area contributed by atoms with E-state index in [2.05, 4.69) is 50.3 Å². The number of anilines is 2. The predicted octanol–water partition coefficient (Wildman–Crippen LogP) is 3.51. The summed E-state index contributed by atoms with van der Waals surface area (Å²) in [5.74, 6) is 0. The smallest absolute Gasteiger partial charge is 0.0779 e. The van der Waals surface area contributed by atoms with Crippen LogP contribution in [0.4, 0.5) is 11.4 Å². The number of nitrogens with two attached hydrogens (primary N) is 1. The Labute approximate surface area is 113 Å². The Hall–Kier alpha value is -1.07. The molecule has 90 valence electrons. The Morgan fingerprint density at radius 3 is 2.88 bits per heavy atom. The summed E-state index contributed by atoms with van der Waals surface area (Å²) in [6.45, 7) is 3.91. The lowest BCUT2D eigenvalue weighted by Crippen LogP contribution is -2.23. The summed E-state index contributed by atoms with van der Waals surface area (Å²) in [5.41, 5.74) is 7.73. The van der Waals surface area contributed by atoms with Crippen molar-refractivity contribution < 1.29 is 0 Å². The fraction of sp³-hybridized carbons (Fsp3) is 0.250. The standard InChI is InChI=1S/C12H14BrN3S/c1-2-16(8-9-4-3-5-17-9)12-10(13)6-15-7-11(12)14/h3-7H,2,8,14H2,1H3. The molecule has 0 amide bonds. The third-order valence-corrected chi connectivity index (χ3v) is 3.97. The van der Waals surface area contributed by atoms with Crippen LogP contribution in [0.25, 0.3) is 0 Å². The molecule has 5 heteroatoms. The molecule has 0 spiro atoms. The second kappa shape index (κ2) is 5.51. The summed E-state index contributed by atoms with van der Waals surface area (Å²) in [6.07, 6.45) is 3.47. The van der Waals surface area contributed by atoms with Gasteiger partial charge in [0, 0.05) is 17.6 Å². The highest BCUT2D eigenvalue weighted by Gasteiger charge is 2.13. The minimum atomic E-state index is 0.706. The normalized spacial score (nSPS) is 10.5. The van der Waals surface area contributed by atoms with Crippen LogP contribution in [0, 0.1) is 0 Å². The van der Waals surface area contributed by atoms with Crippen LogP contribution < -0.4 is 10.6 Å². The molecule has 0 radical (unpaired) electrons. The molecule has 0 atom stereocenters. The van der Waals surface area contributed by atoms with Crippen molar-refractivity contribution in [2.45, 2.75) is 13.5 Å². The lowest BCUT2D eigenvalue weighted by atomic mass is 10.3. The van der Waals surface area contributed by atoms with Crippen LogP contribution in [0.5, 0.6) is 0 Å². The molecule has 2 aromatic rings. The molecule has 2 rings (SSSR count). The minimum Gasteiger partial charge on any atom is -0.396 e. The van der Waals surface area contributed by atoms with Crippen LogP contribution >= 0.6 is 27.3 Å². The van der Waals surface area contributed by atoms with Gasteiger partial charge in [0.25, 0.3) is 0 Å². The third-order valence-electron chi connectivity index (χ3n) is 2.53. The van der Waals surface area contributed by atoms with E-state index in [-0.39, 0.29) is 0 Å². The summed E-state index contributed by atoms with van der Waals surface area (Å²) in [6, 6.07) is 4.21. The van der Waals surface area contributed by atoms with Crippen molar-refractivity contribution in [3.8, 4) is 0 Å². The highest BCUT2D eigenvalue weighted by Crippen LogP contribution is 2.32. The summed E-state index contributed by atoms with van der Waals surface area (Å²) >= 11 is 5.27. The maximum Gasteiger partial charge on any atom is 0.0779 e.